The van der Waals surface area contributed by atoms with Crippen molar-refractivity contribution in [2.75, 3.05) is 13.2 Å². The van der Waals surface area contributed by atoms with Crippen LogP contribution >= 0.6 is 0 Å². The van der Waals surface area contributed by atoms with Gasteiger partial charge in [0.2, 0.25) is 5.91 Å². The summed E-state index contributed by atoms with van der Waals surface area (Å²) in [6.07, 6.45) is 42.5. The van der Waals surface area contributed by atoms with Gasteiger partial charge in [0.15, 0.2) is 6.29 Å². The number of hydrogen-bond acceptors (Lipinski definition) is 10. The van der Waals surface area contributed by atoms with E-state index in [-0.39, 0.29) is 12.5 Å². The predicted molar refractivity (Wildman–Crippen MR) is 273 cm³/mol. The van der Waals surface area contributed by atoms with Gasteiger partial charge in [0.25, 0.3) is 0 Å². The van der Waals surface area contributed by atoms with Gasteiger partial charge in [-0.05, 0) is 12.8 Å². The van der Waals surface area contributed by atoms with Crippen LogP contribution in [0.15, 0.2) is 0 Å². The highest BCUT2D eigenvalue weighted by Crippen LogP contribution is 2.26. The molecule has 0 spiro atoms. The number of carbonyl (C=O) groups is 1. The van der Waals surface area contributed by atoms with Crippen LogP contribution in [-0.2, 0) is 28.9 Å². The number of carbonyl (C=O) groups excluding carboxylic acids is 1. The molecule has 6 N–H and O–H groups in total. The number of amides is 1. The smallest absolute Gasteiger partial charge is 0.394 e. The minimum Gasteiger partial charge on any atom is -0.394 e. The van der Waals surface area contributed by atoms with Crippen molar-refractivity contribution in [1.82, 2.24) is 5.32 Å². The van der Waals surface area contributed by atoms with Gasteiger partial charge in [-0.2, -0.15) is 8.42 Å². The lowest BCUT2D eigenvalue weighted by molar-refractivity contribution is -0.298. The van der Waals surface area contributed by atoms with Gasteiger partial charge in [-0.15, -0.1) is 0 Å². The lowest BCUT2D eigenvalue weighted by atomic mass is 9.99. The Morgan fingerprint density at radius 3 is 1.19 bits per heavy atom. The summed E-state index contributed by atoms with van der Waals surface area (Å²) in [6.45, 7) is 3.50. The molecule has 1 saturated heterocycles. The Hall–Kier alpha value is -0.900. The largest absolute Gasteiger partial charge is 0.397 e. The summed E-state index contributed by atoms with van der Waals surface area (Å²) in [5.41, 5.74) is 0. The topological polar surface area (TPSA) is 192 Å². The first-order valence-corrected chi connectivity index (χ1v) is 29.8. The van der Waals surface area contributed by atoms with E-state index in [0.29, 0.717) is 12.8 Å². The molecule has 0 aromatic carbocycles. The number of ether oxygens (including phenoxy) is 2. The van der Waals surface area contributed by atoms with E-state index in [1.54, 1.807) is 0 Å². The Morgan fingerprint density at radius 1 is 0.537 bits per heavy atom. The fourth-order valence-corrected chi connectivity index (χ4v) is 10.0. The standard InChI is InChI=1S/C54H107NO11S/c1-3-5-7-9-11-13-15-17-19-21-22-23-24-25-26-27-28-29-31-33-35-37-39-41-43-48(57)47(46-64-54-52(60)53(66-67(61,62)63)51(59)49(45-56)65-54)55-50(58)44-42-40-38-36-34-32-30-20-18-16-14-12-10-8-6-4-2/h47-49,51-54,56-57,59-60H,3-46H2,1-2H3,(H,55,58)(H,61,62,63). The molecule has 1 fully saturated rings. The Bertz CT molecular complexity index is 1200. The summed E-state index contributed by atoms with van der Waals surface area (Å²) in [5.74, 6) is -0.223. The van der Waals surface area contributed by atoms with Gasteiger partial charge >= 0.3 is 10.4 Å². The van der Waals surface area contributed by atoms with E-state index in [0.717, 1.165) is 51.4 Å². The van der Waals surface area contributed by atoms with Crippen LogP contribution in [0.3, 0.4) is 0 Å². The van der Waals surface area contributed by atoms with Crippen molar-refractivity contribution >= 4 is 16.3 Å². The van der Waals surface area contributed by atoms with Crippen molar-refractivity contribution in [3.05, 3.63) is 0 Å². The Kier molecular flexibility index (Phi) is 43.1. The zero-order chi connectivity index (χ0) is 49.1. The van der Waals surface area contributed by atoms with Gasteiger partial charge in [-0.3, -0.25) is 9.35 Å². The van der Waals surface area contributed by atoms with Crippen molar-refractivity contribution in [1.29, 1.82) is 0 Å². The highest BCUT2D eigenvalue weighted by atomic mass is 32.3. The predicted octanol–water partition coefficient (Wildman–Crippen LogP) is 12.9. The minimum absolute atomic E-state index is 0.223. The molecular formula is C54H107NO11S. The molecule has 7 unspecified atom stereocenters. The van der Waals surface area contributed by atoms with Gasteiger partial charge in [-0.1, -0.05) is 264 Å². The van der Waals surface area contributed by atoms with Crippen molar-refractivity contribution in [3.8, 4) is 0 Å². The van der Waals surface area contributed by atoms with Gasteiger partial charge < -0.3 is 35.2 Å². The molecule has 13 heteroatoms. The van der Waals surface area contributed by atoms with Crippen molar-refractivity contribution < 1.29 is 51.8 Å². The van der Waals surface area contributed by atoms with E-state index in [4.69, 9.17) is 9.47 Å². The Balaban J connectivity index is 2.34. The molecule has 1 heterocycles. The van der Waals surface area contributed by atoms with Crippen LogP contribution in [0.2, 0.25) is 0 Å². The van der Waals surface area contributed by atoms with Crippen molar-refractivity contribution in [3.63, 3.8) is 0 Å². The summed E-state index contributed by atoms with van der Waals surface area (Å²) >= 11 is 0. The van der Waals surface area contributed by atoms with E-state index < -0.39 is 59.9 Å². The molecule has 12 nitrogen and oxygen atoms in total. The first kappa shape index (κ1) is 64.1. The molecule has 400 valence electrons. The number of hydrogen-bond donors (Lipinski definition) is 6. The SMILES string of the molecule is CCCCCCCCCCCCCCCCCCCCCCCCCCC(O)C(COC1OC(CO)C(O)C(OS(=O)(=O)O)C1O)NC(=O)CCCCCCCCCCCCCCCCCC. The number of nitrogens with one attached hydrogen (secondary N) is 1. The van der Waals surface area contributed by atoms with Crippen LogP contribution in [0, 0.1) is 0 Å². The van der Waals surface area contributed by atoms with E-state index in [9.17, 15) is 38.2 Å². The molecule has 0 saturated carbocycles. The lowest BCUT2D eigenvalue weighted by Crippen LogP contribution is -2.61. The number of rotatable bonds is 50. The van der Waals surface area contributed by atoms with E-state index in [2.05, 4.69) is 23.3 Å². The Labute approximate surface area is 411 Å². The third-order valence-corrected chi connectivity index (χ3v) is 14.4. The second kappa shape index (κ2) is 45.0. The summed E-state index contributed by atoms with van der Waals surface area (Å²) < 4.78 is 47.9. The highest BCUT2D eigenvalue weighted by molar-refractivity contribution is 7.80. The molecule has 7 atom stereocenters. The average Bonchev–Trinajstić information content (AvgIpc) is 3.30. The molecule has 0 radical (unpaired) electrons. The number of unbranched alkanes of at least 4 members (excludes halogenated alkanes) is 38. The van der Waals surface area contributed by atoms with Gasteiger partial charge in [-0.25, -0.2) is 4.18 Å². The fraction of sp³-hybridized carbons (Fsp3) is 0.981. The molecule has 0 aromatic heterocycles. The van der Waals surface area contributed by atoms with E-state index in [1.807, 2.05) is 0 Å². The Morgan fingerprint density at radius 2 is 0.866 bits per heavy atom. The third-order valence-electron chi connectivity index (χ3n) is 13.9. The lowest BCUT2D eigenvalue weighted by Gasteiger charge is -2.41. The normalized spacial score (nSPS) is 19.8. The van der Waals surface area contributed by atoms with Crippen LogP contribution in [0.5, 0.6) is 0 Å². The number of aliphatic hydroxyl groups excluding tert-OH is 4. The maximum atomic E-state index is 13.1. The van der Waals surface area contributed by atoms with Crippen LogP contribution in [0.25, 0.3) is 0 Å². The van der Waals surface area contributed by atoms with E-state index in [1.165, 1.54) is 205 Å². The molecule has 0 aromatic rings. The average molecular weight is 979 g/mol. The highest BCUT2D eigenvalue weighted by Gasteiger charge is 2.48. The molecule has 0 aliphatic carbocycles. The molecule has 67 heavy (non-hydrogen) atoms. The van der Waals surface area contributed by atoms with E-state index >= 15 is 0 Å². The zero-order valence-corrected chi connectivity index (χ0v) is 44.1. The third kappa shape index (κ3) is 37.5. The van der Waals surface area contributed by atoms with Crippen molar-refractivity contribution in [2.24, 2.45) is 0 Å². The van der Waals surface area contributed by atoms with Crippen LogP contribution in [0.1, 0.15) is 284 Å². The monoisotopic (exact) mass is 978 g/mol. The van der Waals surface area contributed by atoms with Crippen molar-refractivity contribution in [2.45, 2.75) is 326 Å². The van der Waals surface area contributed by atoms with Crippen LogP contribution in [-0.4, -0.2) is 95.4 Å². The molecule has 1 rings (SSSR count). The van der Waals surface area contributed by atoms with Gasteiger partial charge in [0, 0.05) is 6.42 Å². The van der Waals surface area contributed by atoms with Gasteiger partial charge in [0.1, 0.15) is 24.4 Å². The summed E-state index contributed by atoms with van der Waals surface area (Å²) in [4.78, 5) is 13.1. The molecular weight excluding hydrogens is 871 g/mol. The maximum absolute atomic E-state index is 13.1. The summed E-state index contributed by atoms with van der Waals surface area (Å²) in [6, 6.07) is -0.853. The maximum Gasteiger partial charge on any atom is 0.397 e. The second-order valence-electron chi connectivity index (χ2n) is 20.2. The second-order valence-corrected chi connectivity index (χ2v) is 21.3. The molecule has 1 aliphatic rings. The zero-order valence-electron chi connectivity index (χ0n) is 43.2. The van der Waals surface area contributed by atoms with Crippen LogP contribution in [0.4, 0.5) is 0 Å². The molecule has 0 bridgehead atoms. The number of aliphatic hydroxyl groups is 4. The quantitative estimate of drug-likeness (QED) is 0.0251. The summed E-state index contributed by atoms with van der Waals surface area (Å²) in [5, 5.41) is 45.1. The van der Waals surface area contributed by atoms with Crippen LogP contribution < -0.4 is 5.32 Å². The molecule has 1 aliphatic heterocycles. The first-order chi connectivity index (χ1) is 32.5. The molecule has 1 amide bonds. The van der Waals surface area contributed by atoms with Gasteiger partial charge in [0.05, 0.1) is 25.4 Å². The minimum atomic E-state index is -5.08. The fourth-order valence-electron chi connectivity index (χ4n) is 9.52. The summed E-state index contributed by atoms with van der Waals surface area (Å²) in [7, 11) is -5.08. The first-order valence-electron chi connectivity index (χ1n) is 28.4.